The van der Waals surface area contributed by atoms with E-state index in [1.54, 1.807) is 14.0 Å². The maximum absolute atomic E-state index is 12.4. The molecule has 160 valence electrons. The number of carbonyl (C=O) groups is 2. The molecule has 1 heterocycles. The molecule has 3 atom stereocenters. The van der Waals surface area contributed by atoms with Gasteiger partial charge in [-0.1, -0.05) is 13.0 Å². The minimum absolute atomic E-state index is 0.159. The quantitative estimate of drug-likeness (QED) is 0.598. The predicted molar refractivity (Wildman–Crippen MR) is 107 cm³/mol. The highest BCUT2D eigenvalue weighted by atomic mass is 16.5. The van der Waals surface area contributed by atoms with Crippen molar-refractivity contribution >= 4 is 11.9 Å². The minimum atomic E-state index is -0.890. The normalized spacial score (nSPS) is 25.7. The molecule has 1 saturated carbocycles. The van der Waals surface area contributed by atoms with E-state index in [-0.39, 0.29) is 18.6 Å². The van der Waals surface area contributed by atoms with Crippen LogP contribution in [0.15, 0.2) is 18.2 Å². The second-order valence-corrected chi connectivity index (χ2v) is 8.35. The Labute approximate surface area is 171 Å². The molecule has 0 spiro atoms. The number of aliphatic hydroxyl groups is 1. The van der Waals surface area contributed by atoms with Crippen LogP contribution >= 0.6 is 0 Å². The van der Waals surface area contributed by atoms with Gasteiger partial charge in [-0.2, -0.15) is 0 Å². The maximum atomic E-state index is 12.4. The summed E-state index contributed by atoms with van der Waals surface area (Å²) < 4.78 is 16.3. The van der Waals surface area contributed by atoms with Gasteiger partial charge in [0.25, 0.3) is 0 Å². The summed E-state index contributed by atoms with van der Waals surface area (Å²) >= 11 is 0. The van der Waals surface area contributed by atoms with E-state index in [1.165, 1.54) is 24.9 Å². The van der Waals surface area contributed by atoms with E-state index in [4.69, 9.17) is 9.47 Å². The lowest BCUT2D eigenvalue weighted by Gasteiger charge is -2.34. The van der Waals surface area contributed by atoms with Crippen LogP contribution in [0.5, 0.6) is 11.5 Å². The molecule has 0 bridgehead atoms. The third-order valence-corrected chi connectivity index (χ3v) is 6.52. The topological polar surface area (TPSA) is 85.3 Å². The first-order chi connectivity index (χ1) is 13.8. The number of aliphatic hydroxyl groups excluding tert-OH is 1. The summed E-state index contributed by atoms with van der Waals surface area (Å²) in [7, 11) is 2.81. The maximum Gasteiger partial charge on any atom is 0.396 e. The summed E-state index contributed by atoms with van der Waals surface area (Å²) in [5.74, 6) is -0.383. The monoisotopic (exact) mass is 405 g/mol. The zero-order valence-corrected chi connectivity index (χ0v) is 17.6. The number of amides is 1. The first-order valence-electron chi connectivity index (χ1n) is 10.2. The van der Waals surface area contributed by atoms with Crippen molar-refractivity contribution in [2.75, 3.05) is 27.3 Å². The molecule has 2 aliphatic rings. The van der Waals surface area contributed by atoms with Crippen LogP contribution in [0.2, 0.25) is 0 Å². The summed E-state index contributed by atoms with van der Waals surface area (Å²) in [5.41, 5.74) is 0.338. The Morgan fingerprint density at radius 1 is 1.21 bits per heavy atom. The lowest BCUT2D eigenvalue weighted by molar-refractivity contribution is -0.157. The smallest absolute Gasteiger partial charge is 0.396 e. The number of rotatable bonds is 5. The molecular weight excluding hydrogens is 374 g/mol. The summed E-state index contributed by atoms with van der Waals surface area (Å²) in [5, 5.41) is 10.5. The summed E-state index contributed by atoms with van der Waals surface area (Å²) in [4.78, 5) is 25.6. The van der Waals surface area contributed by atoms with Gasteiger partial charge in [-0.05, 0) is 50.3 Å². The zero-order chi connectivity index (χ0) is 21.2. The predicted octanol–water partition coefficient (Wildman–Crippen LogP) is 2.50. The molecule has 3 rings (SSSR count). The second kappa shape index (κ2) is 8.61. The molecule has 0 aromatic heterocycles. The van der Waals surface area contributed by atoms with Crippen molar-refractivity contribution in [1.82, 2.24) is 4.90 Å². The van der Waals surface area contributed by atoms with Gasteiger partial charge in [-0.25, -0.2) is 4.79 Å². The SMILES string of the molecule is COC(=O)C(=O)N1C[C@@H](c2ccc(OC)c(OC3CCCC3)c2)[C@](C)(C(C)O)C1. The molecule has 7 heteroatoms. The fourth-order valence-electron chi connectivity index (χ4n) is 4.48. The lowest BCUT2D eigenvalue weighted by atomic mass is 9.72. The van der Waals surface area contributed by atoms with Crippen molar-refractivity contribution in [3.8, 4) is 11.5 Å². The Bertz CT molecular complexity index is 758. The van der Waals surface area contributed by atoms with Crippen LogP contribution < -0.4 is 9.47 Å². The molecule has 2 fully saturated rings. The highest BCUT2D eigenvalue weighted by Crippen LogP contribution is 2.47. The molecule has 1 saturated heterocycles. The Balaban J connectivity index is 1.91. The van der Waals surface area contributed by atoms with Gasteiger partial charge in [-0.3, -0.25) is 4.79 Å². The van der Waals surface area contributed by atoms with Crippen molar-refractivity contribution in [1.29, 1.82) is 0 Å². The number of benzene rings is 1. The van der Waals surface area contributed by atoms with Crippen molar-refractivity contribution in [2.24, 2.45) is 5.41 Å². The van der Waals surface area contributed by atoms with E-state index in [2.05, 4.69) is 4.74 Å². The number of esters is 1. The van der Waals surface area contributed by atoms with Crippen LogP contribution in [-0.4, -0.2) is 61.4 Å². The molecule has 1 aromatic carbocycles. The number of methoxy groups -OCH3 is 2. The summed E-state index contributed by atoms with van der Waals surface area (Å²) in [6, 6.07) is 5.76. The lowest BCUT2D eigenvalue weighted by Crippen LogP contribution is -2.40. The van der Waals surface area contributed by atoms with Crippen molar-refractivity contribution in [3.05, 3.63) is 23.8 Å². The van der Waals surface area contributed by atoms with Gasteiger partial charge < -0.3 is 24.2 Å². The highest BCUT2D eigenvalue weighted by Gasteiger charge is 2.49. The zero-order valence-electron chi connectivity index (χ0n) is 17.6. The van der Waals surface area contributed by atoms with E-state index in [0.29, 0.717) is 18.0 Å². The number of nitrogens with zero attached hydrogens (tertiary/aromatic N) is 1. The Hall–Kier alpha value is -2.28. The van der Waals surface area contributed by atoms with Gasteiger partial charge >= 0.3 is 11.9 Å². The van der Waals surface area contributed by atoms with Gasteiger partial charge in [0.05, 0.1) is 26.4 Å². The molecular formula is C22H31NO6. The van der Waals surface area contributed by atoms with Gasteiger partial charge in [0, 0.05) is 24.4 Å². The molecule has 1 unspecified atom stereocenters. The average Bonchev–Trinajstić information content (AvgIpc) is 3.35. The Morgan fingerprint density at radius 3 is 2.48 bits per heavy atom. The van der Waals surface area contributed by atoms with Gasteiger partial charge in [0.15, 0.2) is 11.5 Å². The third-order valence-electron chi connectivity index (χ3n) is 6.52. The van der Waals surface area contributed by atoms with E-state index >= 15 is 0 Å². The van der Waals surface area contributed by atoms with E-state index in [9.17, 15) is 14.7 Å². The molecule has 1 aromatic rings. The largest absolute Gasteiger partial charge is 0.493 e. The fraction of sp³-hybridized carbons (Fsp3) is 0.636. The van der Waals surface area contributed by atoms with Crippen LogP contribution in [-0.2, 0) is 14.3 Å². The number of hydrogen-bond donors (Lipinski definition) is 1. The van der Waals surface area contributed by atoms with Crippen LogP contribution in [0.25, 0.3) is 0 Å². The van der Waals surface area contributed by atoms with E-state index in [0.717, 1.165) is 18.4 Å². The Kier molecular flexibility index (Phi) is 6.36. The molecule has 29 heavy (non-hydrogen) atoms. The number of carbonyl (C=O) groups excluding carboxylic acids is 2. The Morgan fingerprint density at radius 2 is 1.90 bits per heavy atom. The summed E-state index contributed by atoms with van der Waals surface area (Å²) in [6.45, 7) is 4.26. The van der Waals surface area contributed by atoms with Crippen molar-refractivity contribution < 1.29 is 28.9 Å². The minimum Gasteiger partial charge on any atom is -0.493 e. The van der Waals surface area contributed by atoms with Crippen LogP contribution in [0, 0.1) is 5.41 Å². The second-order valence-electron chi connectivity index (χ2n) is 8.35. The van der Waals surface area contributed by atoms with Gasteiger partial charge in [0.1, 0.15) is 0 Å². The first kappa shape index (κ1) is 21.4. The van der Waals surface area contributed by atoms with E-state index < -0.39 is 23.4 Å². The van der Waals surface area contributed by atoms with Gasteiger partial charge in [0.2, 0.25) is 0 Å². The molecule has 0 radical (unpaired) electrons. The van der Waals surface area contributed by atoms with Crippen molar-refractivity contribution in [3.63, 3.8) is 0 Å². The molecule has 1 N–H and O–H groups in total. The molecule has 1 aliphatic carbocycles. The summed E-state index contributed by atoms with van der Waals surface area (Å²) in [6.07, 6.45) is 3.90. The fourth-order valence-corrected chi connectivity index (χ4v) is 4.48. The van der Waals surface area contributed by atoms with Crippen LogP contribution in [0.3, 0.4) is 0 Å². The first-order valence-corrected chi connectivity index (χ1v) is 10.2. The highest BCUT2D eigenvalue weighted by molar-refractivity contribution is 6.32. The molecule has 7 nitrogen and oxygen atoms in total. The van der Waals surface area contributed by atoms with Gasteiger partial charge in [-0.15, -0.1) is 0 Å². The number of likely N-dealkylation sites (tertiary alicyclic amines) is 1. The average molecular weight is 405 g/mol. The molecule has 1 amide bonds. The standard InChI is InChI=1S/C22H31NO6/c1-14(24)22(2)13-23(20(25)21(26)28-4)12-17(22)15-9-10-18(27-3)19(11-15)29-16-7-5-6-8-16/h9-11,14,16-17,24H,5-8,12-13H2,1-4H3/t14?,17-,22-/m0/s1. The van der Waals surface area contributed by atoms with Crippen LogP contribution in [0.1, 0.15) is 51.0 Å². The van der Waals surface area contributed by atoms with E-state index in [1.807, 2.05) is 25.1 Å². The number of ether oxygens (including phenoxy) is 3. The number of hydrogen-bond acceptors (Lipinski definition) is 6. The third kappa shape index (κ3) is 4.20. The van der Waals surface area contributed by atoms with Crippen LogP contribution in [0.4, 0.5) is 0 Å². The molecule has 1 aliphatic heterocycles. The van der Waals surface area contributed by atoms with Crippen molar-refractivity contribution in [2.45, 2.75) is 57.7 Å².